The van der Waals surface area contributed by atoms with Gasteiger partial charge in [0.2, 0.25) is 0 Å². The second kappa shape index (κ2) is 4.42. The summed E-state index contributed by atoms with van der Waals surface area (Å²) in [5.41, 5.74) is 1.32. The van der Waals surface area contributed by atoms with Crippen LogP contribution in [0.1, 0.15) is 25.8 Å². The Morgan fingerprint density at radius 2 is 2.25 bits per heavy atom. The zero-order valence-electron chi connectivity index (χ0n) is 9.63. The molecule has 1 aromatic heterocycles. The Balaban J connectivity index is 2.22. The third-order valence-electron chi connectivity index (χ3n) is 3.01. The van der Waals surface area contributed by atoms with E-state index in [2.05, 4.69) is 23.7 Å². The van der Waals surface area contributed by atoms with Gasteiger partial charge in [-0.15, -0.1) is 11.6 Å². The molecule has 2 nitrogen and oxygen atoms in total. The first-order chi connectivity index (χ1) is 7.52. The van der Waals surface area contributed by atoms with Gasteiger partial charge in [-0.2, -0.15) is 0 Å². The number of halogens is 2. The van der Waals surface area contributed by atoms with Crippen LogP contribution in [0.25, 0.3) is 0 Å². The average Bonchev–Trinajstić information content (AvgIpc) is 2.58. The summed E-state index contributed by atoms with van der Waals surface area (Å²) in [6.45, 7) is 6.59. The quantitative estimate of drug-likeness (QED) is 0.752. The summed E-state index contributed by atoms with van der Waals surface area (Å²) in [4.78, 5) is 6.66. The minimum Gasteiger partial charge on any atom is -0.355 e. The number of rotatable bonds is 2. The van der Waals surface area contributed by atoms with Gasteiger partial charge in [0.05, 0.1) is 5.02 Å². The maximum absolute atomic E-state index is 6.22. The molecule has 0 atom stereocenters. The van der Waals surface area contributed by atoms with E-state index in [0.717, 1.165) is 24.5 Å². The van der Waals surface area contributed by atoms with Crippen LogP contribution in [0.3, 0.4) is 0 Å². The van der Waals surface area contributed by atoms with E-state index < -0.39 is 0 Å². The highest BCUT2D eigenvalue weighted by Gasteiger charge is 2.30. The molecule has 0 spiro atoms. The van der Waals surface area contributed by atoms with Crippen molar-refractivity contribution in [2.24, 2.45) is 5.41 Å². The predicted molar refractivity (Wildman–Crippen MR) is 69.4 cm³/mol. The first-order valence-electron chi connectivity index (χ1n) is 5.47. The molecule has 16 heavy (non-hydrogen) atoms. The Morgan fingerprint density at radius 1 is 1.50 bits per heavy atom. The van der Waals surface area contributed by atoms with Crippen LogP contribution >= 0.6 is 23.2 Å². The Hall–Kier alpha value is -0.470. The molecular formula is C12H16Cl2N2. The molecule has 4 heteroatoms. The normalized spacial score (nSPS) is 19.1. The summed E-state index contributed by atoms with van der Waals surface area (Å²) in [5, 5.41) is 0.704. The Morgan fingerprint density at radius 3 is 2.75 bits per heavy atom. The van der Waals surface area contributed by atoms with E-state index in [1.165, 1.54) is 6.42 Å². The van der Waals surface area contributed by atoms with Crippen molar-refractivity contribution >= 4 is 29.0 Å². The molecule has 0 bridgehead atoms. The minimum absolute atomic E-state index is 0.357. The van der Waals surface area contributed by atoms with E-state index >= 15 is 0 Å². The van der Waals surface area contributed by atoms with Gasteiger partial charge in [0.15, 0.2) is 0 Å². The molecule has 1 aliphatic heterocycles. The first-order valence-corrected chi connectivity index (χ1v) is 6.38. The number of anilines is 1. The van der Waals surface area contributed by atoms with Crippen LogP contribution in [0.5, 0.6) is 0 Å². The molecule has 1 fully saturated rings. The third-order valence-corrected chi connectivity index (χ3v) is 3.60. The fourth-order valence-corrected chi connectivity index (χ4v) is 2.52. The predicted octanol–water partition coefficient (Wildman–Crippen LogP) is 3.71. The van der Waals surface area contributed by atoms with E-state index in [9.17, 15) is 0 Å². The number of alkyl halides is 1. The number of nitrogens with zero attached hydrogens (tertiary/aromatic N) is 2. The highest BCUT2D eigenvalue weighted by atomic mass is 35.5. The van der Waals surface area contributed by atoms with Crippen LogP contribution in [-0.4, -0.2) is 18.1 Å². The molecule has 0 N–H and O–H groups in total. The molecule has 0 unspecified atom stereocenters. The highest BCUT2D eigenvalue weighted by Crippen LogP contribution is 2.34. The molecule has 0 aromatic carbocycles. The van der Waals surface area contributed by atoms with Gasteiger partial charge in [-0.05, 0) is 23.5 Å². The lowest BCUT2D eigenvalue weighted by molar-refractivity contribution is 0.418. The van der Waals surface area contributed by atoms with Crippen molar-refractivity contribution in [3.05, 3.63) is 22.8 Å². The Bertz CT molecular complexity index is 391. The van der Waals surface area contributed by atoms with Gasteiger partial charge in [0.25, 0.3) is 0 Å². The number of hydrogen-bond donors (Lipinski definition) is 0. The molecule has 1 saturated heterocycles. The second-order valence-electron chi connectivity index (χ2n) is 5.12. The van der Waals surface area contributed by atoms with Gasteiger partial charge in [0, 0.05) is 25.2 Å². The first kappa shape index (κ1) is 12.0. The van der Waals surface area contributed by atoms with Gasteiger partial charge < -0.3 is 4.90 Å². The molecule has 1 aliphatic rings. The van der Waals surface area contributed by atoms with E-state index in [1.807, 2.05) is 6.07 Å². The molecule has 0 radical (unpaired) electrons. The molecule has 2 rings (SSSR count). The molecule has 0 aliphatic carbocycles. The molecular weight excluding hydrogens is 243 g/mol. The minimum atomic E-state index is 0.357. The van der Waals surface area contributed by atoms with Gasteiger partial charge in [-0.3, -0.25) is 0 Å². The maximum atomic E-state index is 6.22. The standard InChI is InChI=1S/C12H16Cl2N2/c1-12(2)3-4-16(8-12)11-10(14)5-9(6-13)7-15-11/h5,7H,3-4,6,8H2,1-2H3. The van der Waals surface area contributed by atoms with Crippen molar-refractivity contribution in [1.82, 2.24) is 4.98 Å². The van der Waals surface area contributed by atoms with Gasteiger partial charge in [-0.1, -0.05) is 25.4 Å². The third kappa shape index (κ3) is 2.44. The van der Waals surface area contributed by atoms with Gasteiger partial charge in [-0.25, -0.2) is 4.98 Å². The van der Waals surface area contributed by atoms with Crippen LogP contribution in [0.4, 0.5) is 5.82 Å². The van der Waals surface area contributed by atoms with Crippen LogP contribution in [0.2, 0.25) is 5.02 Å². The lowest BCUT2D eigenvalue weighted by Gasteiger charge is -2.21. The average molecular weight is 259 g/mol. The number of pyridine rings is 1. The molecule has 88 valence electrons. The maximum Gasteiger partial charge on any atom is 0.147 e. The molecule has 0 amide bonds. The fraction of sp³-hybridized carbons (Fsp3) is 0.583. The lowest BCUT2D eigenvalue weighted by atomic mass is 9.93. The van der Waals surface area contributed by atoms with Crippen molar-refractivity contribution in [2.75, 3.05) is 18.0 Å². The van der Waals surface area contributed by atoms with E-state index in [1.54, 1.807) is 6.20 Å². The summed E-state index contributed by atoms with van der Waals surface area (Å²) in [7, 11) is 0. The fourth-order valence-electron chi connectivity index (χ4n) is 2.07. The molecule has 1 aromatic rings. The highest BCUT2D eigenvalue weighted by molar-refractivity contribution is 6.33. The Labute approximate surface area is 107 Å². The zero-order valence-corrected chi connectivity index (χ0v) is 11.1. The summed E-state index contributed by atoms with van der Waals surface area (Å²) < 4.78 is 0. The van der Waals surface area contributed by atoms with E-state index in [0.29, 0.717) is 16.3 Å². The Kier molecular flexibility index (Phi) is 3.32. The van der Waals surface area contributed by atoms with E-state index in [-0.39, 0.29) is 0 Å². The van der Waals surface area contributed by atoms with Crippen molar-refractivity contribution in [2.45, 2.75) is 26.1 Å². The molecule has 0 saturated carbocycles. The number of aromatic nitrogens is 1. The van der Waals surface area contributed by atoms with Crippen molar-refractivity contribution < 1.29 is 0 Å². The smallest absolute Gasteiger partial charge is 0.147 e. The van der Waals surface area contributed by atoms with E-state index in [4.69, 9.17) is 23.2 Å². The SMILES string of the molecule is CC1(C)CCN(c2ncc(CCl)cc2Cl)C1. The zero-order chi connectivity index (χ0) is 11.8. The van der Waals surface area contributed by atoms with Crippen molar-refractivity contribution in [3.8, 4) is 0 Å². The summed E-state index contributed by atoms with van der Waals surface area (Å²) in [6, 6.07) is 1.90. The summed E-state index contributed by atoms with van der Waals surface area (Å²) in [5.74, 6) is 1.35. The monoisotopic (exact) mass is 258 g/mol. The summed E-state index contributed by atoms with van der Waals surface area (Å²) >= 11 is 12.0. The topological polar surface area (TPSA) is 16.1 Å². The summed E-state index contributed by atoms with van der Waals surface area (Å²) in [6.07, 6.45) is 2.99. The second-order valence-corrected chi connectivity index (χ2v) is 5.79. The van der Waals surface area contributed by atoms with Crippen LogP contribution < -0.4 is 4.90 Å². The largest absolute Gasteiger partial charge is 0.355 e. The van der Waals surface area contributed by atoms with Crippen LogP contribution in [0.15, 0.2) is 12.3 Å². The van der Waals surface area contributed by atoms with Crippen LogP contribution in [-0.2, 0) is 5.88 Å². The van der Waals surface area contributed by atoms with Crippen molar-refractivity contribution in [3.63, 3.8) is 0 Å². The van der Waals surface area contributed by atoms with Crippen LogP contribution in [0, 0.1) is 5.41 Å². The van der Waals surface area contributed by atoms with Gasteiger partial charge >= 0.3 is 0 Å². The lowest BCUT2D eigenvalue weighted by Crippen LogP contribution is -2.23. The van der Waals surface area contributed by atoms with Crippen molar-refractivity contribution in [1.29, 1.82) is 0 Å². The molecule has 2 heterocycles. The number of hydrogen-bond acceptors (Lipinski definition) is 2. The van der Waals surface area contributed by atoms with Gasteiger partial charge in [0.1, 0.15) is 5.82 Å².